The van der Waals surface area contributed by atoms with Crippen LogP contribution in [-0.4, -0.2) is 51.7 Å². The Kier molecular flexibility index (Phi) is 8.52. The average molecular weight is 791 g/mol. The molecule has 0 aromatic heterocycles. The van der Waals surface area contributed by atoms with Gasteiger partial charge in [0.25, 0.3) is 0 Å². The van der Waals surface area contributed by atoms with E-state index in [9.17, 15) is 15.0 Å². The van der Waals surface area contributed by atoms with Gasteiger partial charge in [0.1, 0.15) is 0 Å². The number of hydrogen-bond donors (Lipinski definition) is 3. The van der Waals surface area contributed by atoms with Crippen molar-refractivity contribution in [1.82, 2.24) is 4.90 Å². The second kappa shape index (κ2) is 13.2. The normalized spacial score (nSPS) is 42.1. The number of urea groups is 1. The highest BCUT2D eigenvalue weighted by Crippen LogP contribution is 2.78. The summed E-state index contributed by atoms with van der Waals surface area (Å²) >= 11 is 0. The van der Waals surface area contributed by atoms with Crippen molar-refractivity contribution in [2.75, 3.05) is 18.4 Å². The number of aliphatic hydroxyl groups excluding tert-OH is 1. The molecule has 3 N–H and O–H groups in total. The topological polar surface area (TPSA) is 89.9 Å². The number of carbonyl (C=O) groups is 2. The van der Waals surface area contributed by atoms with Gasteiger partial charge >= 0.3 is 6.03 Å². The Morgan fingerprint density at radius 3 is 1.97 bits per heavy atom. The van der Waals surface area contributed by atoms with E-state index in [-0.39, 0.29) is 39.9 Å². The minimum atomic E-state index is -1.12. The molecule has 7 saturated carbocycles. The quantitative estimate of drug-likeness (QED) is 0.157. The third-order valence-corrected chi connectivity index (χ3v) is 18.7. The Morgan fingerprint density at radius 2 is 1.29 bits per heavy atom. The van der Waals surface area contributed by atoms with Crippen molar-refractivity contribution >= 4 is 17.5 Å². The molecule has 0 heterocycles. The van der Waals surface area contributed by atoms with Crippen molar-refractivity contribution in [3.63, 3.8) is 0 Å². The molecule has 0 aliphatic heterocycles. The van der Waals surface area contributed by atoms with Crippen LogP contribution >= 0.6 is 0 Å². The first-order valence-corrected chi connectivity index (χ1v) is 23.0. The van der Waals surface area contributed by atoms with Gasteiger partial charge in [-0.05, 0) is 147 Å². The molecule has 2 spiro atoms. The SMILES string of the molecule is C[C@]12CC[C@H]3[C@]4(C=C[C@@]5(C=C4C(=O)c4ccc(-c6ccccc6)cc4)CC(O)CC[C@]35C)[C@@H]1CC[C@@]2(O)CN(CC12CC3CC(CC(C3)C1)C2)C(=O)Nc1ccccc1. The zero-order chi connectivity index (χ0) is 40.4. The van der Waals surface area contributed by atoms with Crippen molar-refractivity contribution < 1.29 is 19.8 Å². The maximum Gasteiger partial charge on any atom is 0.321 e. The number of nitrogens with zero attached hydrogens (tertiary/aromatic N) is 1. The van der Waals surface area contributed by atoms with E-state index < -0.39 is 22.5 Å². The summed E-state index contributed by atoms with van der Waals surface area (Å²) in [6.45, 7) is 5.74. The standard InChI is InChI=1S/C53H62N2O4/c1-48-20-17-42(56)31-51(48)23-24-53(43(32-51)46(57)40-15-13-39(14-16-40)38-9-5-3-6-10-38)44(48)18-21-49(2)45(53)19-22-52(49,59)34-55(47(58)54-41-11-7-4-8-12-41)33-50-28-35-25-36(29-50)27-37(26-35)30-50/h3-16,23-24,32,35-37,42,44-45,56,59H,17-22,25-31,33-34H2,1-2H3,(H,54,58)/t35?,36?,37?,42?,44-,45-,48-,49+,50?,51+,52-,53-/m1/s1. The third-order valence-electron chi connectivity index (χ3n) is 18.7. The van der Waals surface area contributed by atoms with Crippen LogP contribution in [0, 0.1) is 56.7 Å². The number of aliphatic hydroxyl groups is 2. The number of allylic oxidation sites excluding steroid dienone is 4. The van der Waals surface area contributed by atoms with Gasteiger partial charge in [0.15, 0.2) is 5.78 Å². The van der Waals surface area contributed by atoms with Crippen molar-refractivity contribution in [3.05, 3.63) is 114 Å². The number of hydrogen-bond acceptors (Lipinski definition) is 4. The fourth-order valence-electron chi connectivity index (χ4n) is 16.3. The van der Waals surface area contributed by atoms with Gasteiger partial charge in [0.05, 0.1) is 18.2 Å². The summed E-state index contributed by atoms with van der Waals surface area (Å²) in [5, 5.41) is 27.9. The van der Waals surface area contributed by atoms with E-state index in [2.05, 4.69) is 61.7 Å². The van der Waals surface area contributed by atoms with E-state index in [0.29, 0.717) is 31.5 Å². The highest BCUT2D eigenvalue weighted by atomic mass is 16.3. The molecule has 1 unspecified atom stereocenters. The minimum absolute atomic E-state index is 0.0225. The number of benzene rings is 3. The Hall–Kier alpha value is -4.00. The van der Waals surface area contributed by atoms with Crippen LogP contribution in [-0.2, 0) is 0 Å². The lowest BCUT2D eigenvalue weighted by molar-refractivity contribution is -0.176. The lowest BCUT2D eigenvalue weighted by atomic mass is 9.32. The van der Waals surface area contributed by atoms with E-state index in [0.717, 1.165) is 72.2 Å². The van der Waals surface area contributed by atoms with Crippen LogP contribution in [0.2, 0.25) is 0 Å². The Bertz CT molecular complexity index is 2180. The molecule has 0 saturated heterocycles. The molecule has 7 fully saturated rings. The number of rotatable bonds is 8. The maximum atomic E-state index is 15.3. The van der Waals surface area contributed by atoms with E-state index in [1.165, 1.54) is 38.5 Å². The summed E-state index contributed by atoms with van der Waals surface area (Å²) in [4.78, 5) is 32.0. The first kappa shape index (κ1) is 38.0. The molecule has 0 radical (unpaired) electrons. The molecule has 6 nitrogen and oxygen atoms in total. The monoisotopic (exact) mass is 790 g/mol. The second-order valence-electron chi connectivity index (χ2n) is 21.7. The number of amides is 2. The van der Waals surface area contributed by atoms with Crippen LogP contribution < -0.4 is 5.32 Å². The Labute approximate surface area is 350 Å². The van der Waals surface area contributed by atoms with Gasteiger partial charge in [-0.1, -0.05) is 105 Å². The van der Waals surface area contributed by atoms with Gasteiger partial charge in [0, 0.05) is 39.6 Å². The molecule has 59 heavy (non-hydrogen) atoms. The highest BCUT2D eigenvalue weighted by Gasteiger charge is 2.74. The summed E-state index contributed by atoms with van der Waals surface area (Å²) in [6.07, 6.45) is 19.8. The van der Waals surface area contributed by atoms with Crippen LogP contribution in [0.3, 0.4) is 0 Å². The number of para-hydroxylation sites is 1. The lowest BCUT2D eigenvalue weighted by Gasteiger charge is -2.71. The predicted octanol–water partition coefficient (Wildman–Crippen LogP) is 10.9. The van der Waals surface area contributed by atoms with Gasteiger partial charge in [0.2, 0.25) is 0 Å². The molecule has 6 heteroatoms. The van der Waals surface area contributed by atoms with Crippen molar-refractivity contribution in [3.8, 4) is 11.1 Å². The summed E-state index contributed by atoms with van der Waals surface area (Å²) < 4.78 is 0. The van der Waals surface area contributed by atoms with Crippen LogP contribution in [0.1, 0.15) is 108 Å². The molecule has 10 aliphatic carbocycles. The minimum Gasteiger partial charge on any atom is -0.393 e. The molecule has 10 aliphatic rings. The number of carbonyl (C=O) groups excluding carboxylic acids is 2. The number of anilines is 1. The van der Waals surface area contributed by atoms with E-state index >= 15 is 4.79 Å². The number of nitrogens with one attached hydrogen (secondary N) is 1. The van der Waals surface area contributed by atoms with Crippen LogP contribution in [0.5, 0.6) is 0 Å². The summed E-state index contributed by atoms with van der Waals surface area (Å²) in [7, 11) is 0. The zero-order valence-corrected chi connectivity index (χ0v) is 35.0. The first-order chi connectivity index (χ1) is 28.4. The lowest BCUT2D eigenvalue weighted by Crippen LogP contribution is -2.67. The van der Waals surface area contributed by atoms with Gasteiger partial charge in [-0.15, -0.1) is 0 Å². The highest BCUT2D eigenvalue weighted by molar-refractivity contribution is 6.10. The van der Waals surface area contributed by atoms with Gasteiger partial charge in [-0.3, -0.25) is 4.79 Å². The molecular weight excluding hydrogens is 729 g/mol. The Morgan fingerprint density at radius 1 is 0.695 bits per heavy atom. The molecule has 8 atom stereocenters. The fraction of sp³-hybridized carbons (Fsp3) is 0.547. The molecule has 3 aromatic rings. The van der Waals surface area contributed by atoms with Gasteiger partial charge in [-0.2, -0.15) is 0 Å². The number of fused-ring (bicyclic) bond motifs is 1. The van der Waals surface area contributed by atoms with Gasteiger partial charge < -0.3 is 20.4 Å². The van der Waals surface area contributed by atoms with Gasteiger partial charge in [-0.25, -0.2) is 4.79 Å². The maximum absolute atomic E-state index is 15.3. The smallest absolute Gasteiger partial charge is 0.321 e. The van der Waals surface area contributed by atoms with Crippen LogP contribution in [0.4, 0.5) is 10.5 Å². The molecule has 2 amide bonds. The van der Waals surface area contributed by atoms with E-state index in [1.807, 2.05) is 65.6 Å². The fourth-order valence-corrected chi connectivity index (χ4v) is 16.3. The average Bonchev–Trinajstić information content (AvgIpc) is 3.50. The van der Waals surface area contributed by atoms with Crippen molar-refractivity contribution in [2.24, 2.45) is 56.7 Å². The summed E-state index contributed by atoms with van der Waals surface area (Å²) in [6, 6.07) is 28.1. The summed E-state index contributed by atoms with van der Waals surface area (Å²) in [5.74, 6) is 2.61. The third kappa shape index (κ3) is 5.56. The van der Waals surface area contributed by atoms with Crippen LogP contribution in [0.15, 0.2) is 109 Å². The number of Topliss-reactive ketones (excluding diaryl/α,β-unsaturated/α-hetero) is 1. The molecule has 3 aromatic carbocycles. The van der Waals surface area contributed by atoms with Crippen molar-refractivity contribution in [1.29, 1.82) is 0 Å². The zero-order valence-electron chi connectivity index (χ0n) is 35.0. The second-order valence-corrected chi connectivity index (χ2v) is 21.7. The predicted molar refractivity (Wildman–Crippen MR) is 232 cm³/mol. The van der Waals surface area contributed by atoms with Crippen LogP contribution in [0.25, 0.3) is 11.1 Å². The van der Waals surface area contributed by atoms with E-state index in [1.54, 1.807) is 0 Å². The van der Waals surface area contributed by atoms with Crippen molar-refractivity contribution in [2.45, 2.75) is 109 Å². The summed E-state index contributed by atoms with van der Waals surface area (Å²) in [5.41, 5.74) is 1.97. The molecular formula is C53H62N2O4. The molecule has 6 bridgehead atoms. The largest absolute Gasteiger partial charge is 0.393 e. The Balaban J connectivity index is 0.963. The first-order valence-electron chi connectivity index (χ1n) is 23.0. The van der Waals surface area contributed by atoms with E-state index in [4.69, 9.17) is 0 Å². The number of ketones is 1. The molecule has 13 rings (SSSR count). The molecule has 308 valence electrons.